The maximum atomic E-state index is 12.7. The molecule has 7 heteroatoms. The maximum absolute atomic E-state index is 12.7. The molecule has 0 spiro atoms. The smallest absolute Gasteiger partial charge is 0.262 e. The van der Waals surface area contributed by atoms with E-state index < -0.39 is 10.0 Å². The van der Waals surface area contributed by atoms with Gasteiger partial charge in [-0.05, 0) is 44.4 Å². The fourth-order valence-corrected chi connectivity index (χ4v) is 4.71. The van der Waals surface area contributed by atoms with E-state index in [1.807, 2.05) is 11.6 Å². The summed E-state index contributed by atoms with van der Waals surface area (Å²) in [7, 11) is -3.69. The number of hydrogen-bond acceptors (Lipinski definition) is 3. The summed E-state index contributed by atoms with van der Waals surface area (Å²) in [6, 6.07) is 5.22. The second kappa shape index (κ2) is 6.17. The van der Waals surface area contributed by atoms with Gasteiger partial charge in [-0.15, -0.1) is 0 Å². The van der Waals surface area contributed by atoms with E-state index in [-0.39, 0.29) is 4.90 Å². The van der Waals surface area contributed by atoms with Gasteiger partial charge in [-0.1, -0.05) is 30.5 Å². The molecule has 1 fully saturated rings. The Balaban J connectivity index is 1.90. The molecular weight excluding hydrogens is 334 g/mol. The van der Waals surface area contributed by atoms with Crippen LogP contribution in [-0.4, -0.2) is 18.2 Å². The topological polar surface area (TPSA) is 64.0 Å². The van der Waals surface area contributed by atoms with E-state index >= 15 is 0 Å². The average molecular weight is 354 g/mol. The first-order chi connectivity index (χ1) is 10.9. The number of rotatable bonds is 4. The lowest BCUT2D eigenvalue weighted by atomic mass is 10.2. The quantitative estimate of drug-likeness (QED) is 0.901. The Morgan fingerprint density at radius 3 is 2.65 bits per heavy atom. The van der Waals surface area contributed by atoms with E-state index in [9.17, 15) is 8.42 Å². The minimum atomic E-state index is -3.69. The van der Waals surface area contributed by atoms with Crippen molar-refractivity contribution in [3.05, 3.63) is 40.7 Å². The molecule has 2 aromatic rings. The molecule has 1 N–H and O–H groups in total. The first-order valence-electron chi connectivity index (χ1n) is 7.71. The van der Waals surface area contributed by atoms with Gasteiger partial charge < -0.3 is 0 Å². The molecule has 0 aliphatic heterocycles. The third-order valence-electron chi connectivity index (χ3n) is 4.40. The zero-order chi connectivity index (χ0) is 16.6. The van der Waals surface area contributed by atoms with Gasteiger partial charge in [0.2, 0.25) is 0 Å². The summed E-state index contributed by atoms with van der Waals surface area (Å²) in [5.74, 6) is 0. The van der Waals surface area contributed by atoms with Crippen LogP contribution in [0.2, 0.25) is 5.02 Å². The van der Waals surface area contributed by atoms with Crippen LogP contribution in [0.15, 0.2) is 29.3 Å². The second-order valence-corrected chi connectivity index (χ2v) is 8.13. The van der Waals surface area contributed by atoms with Crippen molar-refractivity contribution in [2.24, 2.45) is 0 Å². The molecule has 5 nitrogen and oxygen atoms in total. The monoisotopic (exact) mass is 353 g/mol. The van der Waals surface area contributed by atoms with Crippen molar-refractivity contribution in [1.29, 1.82) is 0 Å². The summed E-state index contributed by atoms with van der Waals surface area (Å²) >= 11 is 5.94. The number of nitrogens with one attached hydrogen (secondary N) is 1. The van der Waals surface area contributed by atoms with Gasteiger partial charge in [0.05, 0.1) is 28.5 Å². The molecule has 1 aromatic carbocycles. The SMILES string of the molecule is Cc1ccc(Cl)cc1S(=O)(=O)Nc1cnn(C2CCCC2)c1C. The molecule has 0 unspecified atom stereocenters. The predicted molar refractivity (Wildman–Crippen MR) is 91.5 cm³/mol. The van der Waals surface area contributed by atoms with Gasteiger partial charge in [-0.2, -0.15) is 5.10 Å². The first-order valence-corrected chi connectivity index (χ1v) is 9.57. The molecule has 124 valence electrons. The highest BCUT2D eigenvalue weighted by Gasteiger charge is 2.23. The fraction of sp³-hybridized carbons (Fsp3) is 0.438. The maximum Gasteiger partial charge on any atom is 0.262 e. The summed E-state index contributed by atoms with van der Waals surface area (Å²) in [6.45, 7) is 3.65. The van der Waals surface area contributed by atoms with Crippen molar-refractivity contribution in [3.63, 3.8) is 0 Å². The molecule has 0 amide bonds. The minimum absolute atomic E-state index is 0.193. The van der Waals surface area contributed by atoms with E-state index in [2.05, 4.69) is 9.82 Å². The number of nitrogens with zero attached hydrogens (tertiary/aromatic N) is 2. The van der Waals surface area contributed by atoms with Crippen LogP contribution < -0.4 is 4.72 Å². The van der Waals surface area contributed by atoms with Crippen molar-refractivity contribution in [3.8, 4) is 0 Å². The van der Waals surface area contributed by atoms with Crippen LogP contribution in [0.25, 0.3) is 0 Å². The number of halogens is 1. The van der Waals surface area contributed by atoms with E-state index in [0.717, 1.165) is 18.5 Å². The molecule has 23 heavy (non-hydrogen) atoms. The lowest BCUT2D eigenvalue weighted by Gasteiger charge is -2.14. The predicted octanol–water partition coefficient (Wildman–Crippen LogP) is 4.07. The second-order valence-electron chi connectivity index (χ2n) is 6.04. The van der Waals surface area contributed by atoms with Crippen LogP contribution in [0.5, 0.6) is 0 Å². The summed E-state index contributed by atoms with van der Waals surface area (Å²) in [5, 5.41) is 4.78. The van der Waals surface area contributed by atoms with Gasteiger partial charge in [-0.25, -0.2) is 8.42 Å². The van der Waals surface area contributed by atoms with Crippen LogP contribution in [0.1, 0.15) is 43.0 Å². The highest BCUT2D eigenvalue weighted by atomic mass is 35.5. The Kier molecular flexibility index (Phi) is 4.38. The number of aromatic nitrogens is 2. The highest BCUT2D eigenvalue weighted by molar-refractivity contribution is 7.92. The molecule has 1 aliphatic rings. The Hall–Kier alpha value is -1.53. The van der Waals surface area contributed by atoms with E-state index in [4.69, 9.17) is 11.6 Å². The zero-order valence-electron chi connectivity index (χ0n) is 13.2. The van der Waals surface area contributed by atoms with E-state index in [0.29, 0.717) is 22.3 Å². The molecule has 1 aliphatic carbocycles. The number of anilines is 1. The molecule has 3 rings (SSSR count). The zero-order valence-corrected chi connectivity index (χ0v) is 14.8. The van der Waals surface area contributed by atoms with Gasteiger partial charge in [0.15, 0.2) is 0 Å². The standard InChI is InChI=1S/C16H20ClN3O2S/c1-11-7-8-13(17)9-16(11)23(21,22)19-15-10-18-20(12(15)2)14-5-3-4-6-14/h7-10,14,19H,3-6H2,1-2H3. The fourth-order valence-electron chi connectivity index (χ4n) is 3.10. The molecule has 0 bridgehead atoms. The Labute approximate surface area is 141 Å². The van der Waals surface area contributed by atoms with Crippen molar-refractivity contribution < 1.29 is 8.42 Å². The molecule has 1 heterocycles. The van der Waals surface area contributed by atoms with Gasteiger partial charge in [0.1, 0.15) is 0 Å². The van der Waals surface area contributed by atoms with Crippen molar-refractivity contribution in [1.82, 2.24) is 9.78 Å². The van der Waals surface area contributed by atoms with E-state index in [1.54, 1.807) is 25.3 Å². The summed E-state index contributed by atoms with van der Waals surface area (Å²) in [6.07, 6.45) is 6.19. The lowest BCUT2D eigenvalue weighted by molar-refractivity contribution is 0.457. The van der Waals surface area contributed by atoms with Gasteiger partial charge in [0.25, 0.3) is 10.0 Å². The molecule has 1 saturated carbocycles. The highest BCUT2D eigenvalue weighted by Crippen LogP contribution is 2.32. The molecule has 0 atom stereocenters. The van der Waals surface area contributed by atoms with Crippen LogP contribution in [0, 0.1) is 13.8 Å². The third kappa shape index (κ3) is 3.23. The average Bonchev–Trinajstić information content (AvgIpc) is 3.12. The summed E-state index contributed by atoms with van der Waals surface area (Å²) in [5.41, 5.74) is 2.03. The van der Waals surface area contributed by atoms with Crippen molar-refractivity contribution in [2.75, 3.05) is 4.72 Å². The normalized spacial score (nSPS) is 16.0. The number of benzene rings is 1. The molecule has 0 saturated heterocycles. The first kappa shape index (κ1) is 16.3. The Morgan fingerprint density at radius 1 is 1.26 bits per heavy atom. The van der Waals surface area contributed by atoms with Gasteiger partial charge in [0, 0.05) is 5.02 Å². The number of sulfonamides is 1. The minimum Gasteiger partial charge on any atom is -0.276 e. The largest absolute Gasteiger partial charge is 0.276 e. The Bertz CT molecular complexity index is 824. The van der Waals surface area contributed by atoms with Gasteiger partial charge >= 0.3 is 0 Å². The van der Waals surface area contributed by atoms with Gasteiger partial charge in [-0.3, -0.25) is 9.40 Å². The number of hydrogen-bond donors (Lipinski definition) is 1. The molecular formula is C16H20ClN3O2S. The van der Waals surface area contributed by atoms with Crippen molar-refractivity contribution >= 4 is 27.3 Å². The lowest BCUT2D eigenvalue weighted by Crippen LogP contribution is -2.15. The van der Waals surface area contributed by atoms with Crippen molar-refractivity contribution in [2.45, 2.75) is 50.5 Å². The van der Waals surface area contributed by atoms with Crippen LogP contribution in [-0.2, 0) is 10.0 Å². The molecule has 1 aromatic heterocycles. The summed E-state index contributed by atoms with van der Waals surface area (Å²) in [4.78, 5) is 0.193. The molecule has 0 radical (unpaired) electrons. The Morgan fingerprint density at radius 2 is 1.96 bits per heavy atom. The van der Waals surface area contributed by atoms with Crippen LogP contribution in [0.3, 0.4) is 0 Å². The summed E-state index contributed by atoms with van der Waals surface area (Å²) < 4.78 is 29.9. The van der Waals surface area contributed by atoms with Crippen LogP contribution in [0.4, 0.5) is 5.69 Å². The van der Waals surface area contributed by atoms with Crippen LogP contribution >= 0.6 is 11.6 Å². The third-order valence-corrected chi connectivity index (χ3v) is 6.14. The van der Waals surface area contributed by atoms with E-state index in [1.165, 1.54) is 18.9 Å². The number of aryl methyl sites for hydroxylation is 1.